The van der Waals surface area contributed by atoms with Crippen molar-refractivity contribution in [2.24, 2.45) is 0 Å². The van der Waals surface area contributed by atoms with Crippen molar-refractivity contribution in [3.8, 4) is 5.75 Å². The molecule has 102 valence electrons. The van der Waals surface area contributed by atoms with E-state index in [1.165, 1.54) is 4.90 Å². The van der Waals surface area contributed by atoms with Gasteiger partial charge in [0.25, 0.3) is 0 Å². The number of aliphatic hydroxyl groups excluding tert-OH is 1. The van der Waals surface area contributed by atoms with Gasteiger partial charge in [-0.3, -0.25) is 4.79 Å². The molecule has 1 aromatic carbocycles. The number of aliphatic hydroxyl groups is 1. The highest BCUT2D eigenvalue weighted by Crippen LogP contribution is 2.26. The van der Waals surface area contributed by atoms with Crippen molar-refractivity contribution < 1.29 is 19.1 Å². The number of amides is 1. The molecule has 0 aliphatic rings. The molecule has 0 radical (unpaired) electrons. The van der Waals surface area contributed by atoms with Gasteiger partial charge in [-0.1, -0.05) is 0 Å². The largest absolute Gasteiger partial charge is 0.497 e. The van der Waals surface area contributed by atoms with Gasteiger partial charge in [0, 0.05) is 24.5 Å². The van der Waals surface area contributed by atoms with Crippen LogP contribution in [-0.4, -0.2) is 43.2 Å². The zero-order chi connectivity index (χ0) is 13.8. The third-order valence-electron chi connectivity index (χ3n) is 3.06. The SMILES string of the molecule is COc1ccc2occ(CC(=O)N(C)CCO)c2c1. The molecular weight excluding hydrogens is 246 g/mol. The van der Waals surface area contributed by atoms with Crippen LogP contribution in [0.4, 0.5) is 0 Å². The molecule has 2 rings (SSSR count). The monoisotopic (exact) mass is 263 g/mol. The number of fused-ring (bicyclic) bond motifs is 1. The second-order valence-electron chi connectivity index (χ2n) is 4.34. The fourth-order valence-electron chi connectivity index (χ4n) is 1.90. The van der Waals surface area contributed by atoms with Crippen LogP contribution in [-0.2, 0) is 11.2 Å². The first-order valence-electron chi connectivity index (χ1n) is 6.04. The normalized spacial score (nSPS) is 10.7. The van der Waals surface area contributed by atoms with Gasteiger partial charge < -0.3 is 19.2 Å². The van der Waals surface area contributed by atoms with Gasteiger partial charge >= 0.3 is 0 Å². The third kappa shape index (κ3) is 2.88. The van der Waals surface area contributed by atoms with E-state index in [-0.39, 0.29) is 18.9 Å². The summed E-state index contributed by atoms with van der Waals surface area (Å²) in [6.45, 7) is 0.292. The Morgan fingerprint density at radius 1 is 1.47 bits per heavy atom. The van der Waals surface area contributed by atoms with Crippen molar-refractivity contribution in [3.05, 3.63) is 30.0 Å². The molecule has 0 unspecified atom stereocenters. The van der Waals surface area contributed by atoms with Gasteiger partial charge in [-0.05, 0) is 18.2 Å². The van der Waals surface area contributed by atoms with Gasteiger partial charge in [-0.15, -0.1) is 0 Å². The average Bonchev–Trinajstić information content (AvgIpc) is 2.81. The molecule has 1 N–H and O–H groups in total. The van der Waals surface area contributed by atoms with Crippen molar-refractivity contribution in [3.63, 3.8) is 0 Å². The second kappa shape index (κ2) is 5.75. The lowest BCUT2D eigenvalue weighted by molar-refractivity contribution is -0.129. The first-order chi connectivity index (χ1) is 9.15. The number of carbonyl (C=O) groups excluding carboxylic acids is 1. The standard InChI is InChI=1S/C14H17NO4/c1-15(5-6-16)14(17)7-10-9-19-13-4-3-11(18-2)8-12(10)13/h3-4,8-9,16H,5-7H2,1-2H3. The molecule has 5 nitrogen and oxygen atoms in total. The lowest BCUT2D eigenvalue weighted by Crippen LogP contribution is -2.30. The minimum absolute atomic E-state index is 0.0395. The van der Waals surface area contributed by atoms with Crippen LogP contribution in [0.2, 0.25) is 0 Å². The van der Waals surface area contributed by atoms with Gasteiger partial charge in [-0.25, -0.2) is 0 Å². The van der Waals surface area contributed by atoms with Crippen molar-refractivity contribution in [1.29, 1.82) is 0 Å². The Kier molecular flexibility index (Phi) is 4.06. The number of methoxy groups -OCH3 is 1. The van der Waals surface area contributed by atoms with Crippen LogP contribution in [0.25, 0.3) is 11.0 Å². The summed E-state index contributed by atoms with van der Waals surface area (Å²) < 4.78 is 10.6. The van der Waals surface area contributed by atoms with Gasteiger partial charge in [0.15, 0.2) is 0 Å². The highest BCUT2D eigenvalue weighted by atomic mass is 16.5. The molecule has 0 saturated carbocycles. The summed E-state index contributed by atoms with van der Waals surface area (Å²) in [6.07, 6.45) is 1.84. The van der Waals surface area contributed by atoms with Crippen molar-refractivity contribution in [1.82, 2.24) is 4.90 Å². The Morgan fingerprint density at radius 3 is 2.95 bits per heavy atom. The fourth-order valence-corrected chi connectivity index (χ4v) is 1.90. The fraction of sp³-hybridized carbons (Fsp3) is 0.357. The molecule has 1 amide bonds. The molecule has 2 aromatic rings. The van der Waals surface area contributed by atoms with E-state index in [9.17, 15) is 4.79 Å². The zero-order valence-corrected chi connectivity index (χ0v) is 11.0. The van der Waals surface area contributed by atoms with E-state index < -0.39 is 0 Å². The number of rotatable bonds is 5. The Bertz CT molecular complexity index is 576. The maximum Gasteiger partial charge on any atom is 0.226 e. The minimum Gasteiger partial charge on any atom is -0.497 e. The van der Waals surface area contributed by atoms with E-state index >= 15 is 0 Å². The highest BCUT2D eigenvalue weighted by Gasteiger charge is 2.14. The molecule has 0 spiro atoms. The number of furan rings is 1. The molecule has 0 saturated heterocycles. The Balaban J connectivity index is 2.23. The number of carbonyl (C=O) groups is 1. The van der Waals surface area contributed by atoms with Crippen LogP contribution in [0.3, 0.4) is 0 Å². The predicted molar refractivity (Wildman–Crippen MR) is 71.2 cm³/mol. The maximum atomic E-state index is 11.9. The summed E-state index contributed by atoms with van der Waals surface area (Å²) in [5.74, 6) is 0.672. The molecule has 1 aromatic heterocycles. The minimum atomic E-state index is -0.0560. The number of hydrogen-bond donors (Lipinski definition) is 1. The van der Waals surface area contributed by atoms with E-state index in [4.69, 9.17) is 14.3 Å². The van der Waals surface area contributed by atoms with Gasteiger partial charge in [0.2, 0.25) is 5.91 Å². The van der Waals surface area contributed by atoms with Gasteiger partial charge in [-0.2, -0.15) is 0 Å². The number of ether oxygens (including phenoxy) is 1. The number of benzene rings is 1. The molecule has 0 aliphatic heterocycles. The Labute approximate surface area is 111 Å². The molecule has 0 bridgehead atoms. The summed E-state index contributed by atoms with van der Waals surface area (Å²) in [6, 6.07) is 5.49. The van der Waals surface area contributed by atoms with E-state index in [1.807, 2.05) is 18.2 Å². The number of hydrogen-bond acceptors (Lipinski definition) is 4. The molecule has 0 atom stereocenters. The van der Waals surface area contributed by atoms with Crippen LogP contribution in [0.5, 0.6) is 5.75 Å². The van der Waals surface area contributed by atoms with E-state index in [2.05, 4.69) is 0 Å². The van der Waals surface area contributed by atoms with Crippen LogP contribution in [0, 0.1) is 0 Å². The lowest BCUT2D eigenvalue weighted by Gasteiger charge is -2.14. The Morgan fingerprint density at radius 2 is 2.26 bits per heavy atom. The Hall–Kier alpha value is -2.01. The van der Waals surface area contributed by atoms with Crippen LogP contribution in [0.1, 0.15) is 5.56 Å². The topological polar surface area (TPSA) is 62.9 Å². The van der Waals surface area contributed by atoms with Gasteiger partial charge in [0.05, 0.1) is 26.4 Å². The van der Waals surface area contributed by atoms with E-state index in [0.717, 1.165) is 22.3 Å². The van der Waals surface area contributed by atoms with Crippen molar-refractivity contribution in [2.45, 2.75) is 6.42 Å². The van der Waals surface area contributed by atoms with Crippen LogP contribution in [0.15, 0.2) is 28.9 Å². The van der Waals surface area contributed by atoms with E-state index in [1.54, 1.807) is 20.4 Å². The first-order valence-corrected chi connectivity index (χ1v) is 6.04. The average molecular weight is 263 g/mol. The summed E-state index contributed by atoms with van der Waals surface area (Å²) in [4.78, 5) is 13.4. The van der Waals surface area contributed by atoms with Crippen LogP contribution >= 0.6 is 0 Å². The molecule has 0 aliphatic carbocycles. The van der Waals surface area contributed by atoms with E-state index in [0.29, 0.717) is 6.54 Å². The lowest BCUT2D eigenvalue weighted by atomic mass is 10.1. The zero-order valence-electron chi connectivity index (χ0n) is 11.0. The summed E-state index contributed by atoms with van der Waals surface area (Å²) in [5.41, 5.74) is 1.55. The quantitative estimate of drug-likeness (QED) is 0.886. The summed E-state index contributed by atoms with van der Waals surface area (Å²) in [5, 5.41) is 9.70. The number of nitrogens with zero attached hydrogens (tertiary/aromatic N) is 1. The van der Waals surface area contributed by atoms with Crippen molar-refractivity contribution in [2.75, 3.05) is 27.3 Å². The first kappa shape index (κ1) is 13.4. The summed E-state index contributed by atoms with van der Waals surface area (Å²) >= 11 is 0. The third-order valence-corrected chi connectivity index (χ3v) is 3.06. The van der Waals surface area contributed by atoms with Gasteiger partial charge in [0.1, 0.15) is 11.3 Å². The molecular formula is C14H17NO4. The van der Waals surface area contributed by atoms with Crippen LogP contribution < -0.4 is 4.74 Å². The predicted octanol–water partition coefficient (Wildman–Crippen LogP) is 1.43. The second-order valence-corrected chi connectivity index (χ2v) is 4.34. The summed E-state index contributed by atoms with van der Waals surface area (Å²) in [7, 11) is 3.27. The number of likely N-dealkylation sites (N-methyl/N-ethyl adjacent to an activating group) is 1. The molecule has 0 fully saturated rings. The maximum absolute atomic E-state index is 11.9. The highest BCUT2D eigenvalue weighted by molar-refractivity contribution is 5.88. The van der Waals surface area contributed by atoms with Crippen molar-refractivity contribution >= 4 is 16.9 Å². The molecule has 19 heavy (non-hydrogen) atoms. The molecule has 5 heteroatoms. The smallest absolute Gasteiger partial charge is 0.226 e. The molecule has 1 heterocycles.